The molecule has 180 valence electrons. The SMILES string of the molecule is COc1ccc(Cl)cc1NC(=O)CSc1nc(-c2ccc(C)cc2)[nH]c1S(=O)(=O)c1ccccc1. The van der Waals surface area contributed by atoms with Gasteiger partial charge < -0.3 is 15.0 Å². The molecule has 0 bridgehead atoms. The fraction of sp³-hybridized carbons (Fsp3) is 0.120. The van der Waals surface area contributed by atoms with Crippen LogP contribution in [0.25, 0.3) is 11.4 Å². The Morgan fingerprint density at radius 2 is 1.80 bits per heavy atom. The minimum absolute atomic E-state index is 0.0580. The molecule has 0 saturated carbocycles. The van der Waals surface area contributed by atoms with Gasteiger partial charge in [0.05, 0.1) is 23.4 Å². The van der Waals surface area contributed by atoms with Crippen LogP contribution < -0.4 is 10.1 Å². The van der Waals surface area contributed by atoms with Crippen molar-refractivity contribution in [2.24, 2.45) is 0 Å². The lowest BCUT2D eigenvalue weighted by atomic mass is 10.1. The Hall–Kier alpha value is -3.27. The lowest BCUT2D eigenvalue weighted by molar-refractivity contribution is -0.113. The number of aromatic nitrogens is 2. The van der Waals surface area contributed by atoms with E-state index in [0.29, 0.717) is 22.3 Å². The second-order valence-corrected chi connectivity index (χ2v) is 10.9. The van der Waals surface area contributed by atoms with Crippen molar-refractivity contribution in [1.29, 1.82) is 0 Å². The Labute approximate surface area is 212 Å². The highest BCUT2D eigenvalue weighted by Crippen LogP contribution is 2.33. The minimum atomic E-state index is -3.90. The summed E-state index contributed by atoms with van der Waals surface area (Å²) in [4.78, 5) is 20.3. The first-order valence-electron chi connectivity index (χ1n) is 10.5. The number of carbonyl (C=O) groups excluding carboxylic acids is 1. The number of thioether (sulfide) groups is 1. The highest BCUT2D eigenvalue weighted by atomic mass is 35.5. The van der Waals surface area contributed by atoms with Crippen molar-refractivity contribution in [3.63, 3.8) is 0 Å². The zero-order chi connectivity index (χ0) is 25.0. The first-order valence-corrected chi connectivity index (χ1v) is 13.4. The van der Waals surface area contributed by atoms with Crippen LogP contribution in [-0.4, -0.2) is 37.2 Å². The minimum Gasteiger partial charge on any atom is -0.495 e. The quantitative estimate of drug-likeness (QED) is 0.289. The Morgan fingerprint density at radius 1 is 1.09 bits per heavy atom. The summed E-state index contributed by atoms with van der Waals surface area (Å²) >= 11 is 7.06. The number of sulfone groups is 1. The van der Waals surface area contributed by atoms with Crippen LogP contribution in [0.4, 0.5) is 5.69 Å². The van der Waals surface area contributed by atoms with Crippen molar-refractivity contribution in [2.45, 2.75) is 21.9 Å². The van der Waals surface area contributed by atoms with Crippen LogP contribution in [0, 0.1) is 6.92 Å². The molecule has 0 aliphatic heterocycles. The Morgan fingerprint density at radius 3 is 2.49 bits per heavy atom. The number of rotatable bonds is 8. The first kappa shape index (κ1) is 24.8. The van der Waals surface area contributed by atoms with E-state index in [-0.39, 0.29) is 26.6 Å². The van der Waals surface area contributed by atoms with Crippen molar-refractivity contribution >= 4 is 44.8 Å². The number of halogens is 1. The zero-order valence-corrected chi connectivity index (χ0v) is 21.3. The van der Waals surface area contributed by atoms with Gasteiger partial charge in [-0.3, -0.25) is 4.79 Å². The predicted molar refractivity (Wildman–Crippen MR) is 138 cm³/mol. The number of nitrogens with one attached hydrogen (secondary N) is 2. The lowest BCUT2D eigenvalue weighted by Gasteiger charge is -2.10. The van der Waals surface area contributed by atoms with Gasteiger partial charge in [-0.25, -0.2) is 13.4 Å². The Bertz CT molecular complexity index is 1450. The third kappa shape index (κ3) is 5.70. The number of benzene rings is 3. The number of nitrogens with zero attached hydrogens (tertiary/aromatic N) is 1. The molecule has 0 saturated heterocycles. The van der Waals surface area contributed by atoms with E-state index in [9.17, 15) is 13.2 Å². The third-order valence-electron chi connectivity index (χ3n) is 5.06. The van der Waals surface area contributed by atoms with Crippen LogP contribution in [0.1, 0.15) is 5.56 Å². The van der Waals surface area contributed by atoms with Gasteiger partial charge in [0, 0.05) is 10.6 Å². The molecule has 0 aliphatic carbocycles. The molecular weight excluding hydrogens is 506 g/mol. The smallest absolute Gasteiger partial charge is 0.234 e. The molecule has 1 aromatic heterocycles. The van der Waals surface area contributed by atoms with Crippen molar-refractivity contribution < 1.29 is 17.9 Å². The zero-order valence-electron chi connectivity index (χ0n) is 18.9. The molecule has 10 heteroatoms. The van der Waals surface area contributed by atoms with E-state index in [0.717, 1.165) is 22.9 Å². The van der Waals surface area contributed by atoms with Crippen LogP contribution >= 0.6 is 23.4 Å². The summed E-state index contributed by atoms with van der Waals surface area (Å²) in [6.45, 7) is 1.96. The highest BCUT2D eigenvalue weighted by Gasteiger charge is 2.27. The van der Waals surface area contributed by atoms with Gasteiger partial charge >= 0.3 is 0 Å². The van der Waals surface area contributed by atoms with Crippen molar-refractivity contribution in [3.05, 3.63) is 83.4 Å². The highest BCUT2D eigenvalue weighted by molar-refractivity contribution is 8.00. The number of hydrogen-bond donors (Lipinski definition) is 2. The fourth-order valence-corrected chi connectivity index (χ4v) is 5.90. The van der Waals surface area contributed by atoms with Gasteiger partial charge in [0.2, 0.25) is 15.7 Å². The van der Waals surface area contributed by atoms with E-state index in [1.165, 1.54) is 19.2 Å². The van der Waals surface area contributed by atoms with E-state index >= 15 is 0 Å². The van der Waals surface area contributed by atoms with Gasteiger partial charge in [0.1, 0.15) is 16.6 Å². The fourth-order valence-electron chi connectivity index (χ4n) is 3.28. The van der Waals surface area contributed by atoms with Crippen LogP contribution in [0.5, 0.6) is 5.75 Å². The molecule has 0 spiro atoms. The molecular formula is C25H22ClN3O4S2. The number of imidazole rings is 1. The average molecular weight is 528 g/mol. The third-order valence-corrected chi connectivity index (χ3v) is 8.13. The molecule has 1 heterocycles. The average Bonchev–Trinajstić information content (AvgIpc) is 3.29. The monoisotopic (exact) mass is 527 g/mol. The number of anilines is 1. The van der Waals surface area contributed by atoms with E-state index < -0.39 is 9.84 Å². The summed E-state index contributed by atoms with van der Waals surface area (Å²) in [7, 11) is -2.41. The van der Waals surface area contributed by atoms with E-state index in [4.69, 9.17) is 16.3 Å². The number of amides is 1. The van der Waals surface area contributed by atoms with Crippen LogP contribution in [0.2, 0.25) is 5.02 Å². The molecule has 2 N–H and O–H groups in total. The molecule has 0 atom stereocenters. The molecule has 1 amide bonds. The predicted octanol–water partition coefficient (Wildman–Crippen LogP) is 5.61. The summed E-state index contributed by atoms with van der Waals surface area (Å²) in [5.41, 5.74) is 2.23. The molecule has 0 unspecified atom stereocenters. The van der Waals surface area contributed by atoms with Gasteiger partial charge in [-0.15, -0.1) is 0 Å². The van der Waals surface area contributed by atoms with Gasteiger partial charge in [-0.05, 0) is 37.3 Å². The number of ether oxygens (including phenoxy) is 1. The van der Waals surface area contributed by atoms with Gasteiger partial charge in [-0.2, -0.15) is 0 Å². The van der Waals surface area contributed by atoms with E-state index in [1.807, 2.05) is 31.2 Å². The molecule has 4 aromatic rings. The first-order chi connectivity index (χ1) is 16.8. The largest absolute Gasteiger partial charge is 0.495 e. The van der Waals surface area contributed by atoms with Crippen molar-refractivity contribution in [2.75, 3.05) is 18.2 Å². The number of carbonyl (C=O) groups is 1. The summed E-state index contributed by atoms with van der Waals surface area (Å²) in [6.07, 6.45) is 0. The Balaban J connectivity index is 1.64. The molecule has 35 heavy (non-hydrogen) atoms. The van der Waals surface area contributed by atoms with Crippen LogP contribution in [0.3, 0.4) is 0 Å². The normalized spacial score (nSPS) is 11.3. The maximum Gasteiger partial charge on any atom is 0.234 e. The number of methoxy groups -OCH3 is 1. The van der Waals surface area contributed by atoms with E-state index in [2.05, 4.69) is 15.3 Å². The summed E-state index contributed by atoms with van der Waals surface area (Å²) < 4.78 is 32.0. The second-order valence-electron chi connectivity index (χ2n) is 7.58. The van der Waals surface area contributed by atoms with Crippen LogP contribution in [0.15, 0.2) is 87.7 Å². The standard InChI is InChI=1S/C25H22ClN3O4S2/c1-16-8-10-17(11-9-16)23-28-24(25(29-23)35(31,32)19-6-4-3-5-7-19)34-15-22(30)27-20-14-18(26)12-13-21(20)33-2/h3-14H,15H2,1-2H3,(H,27,30)(H,28,29). The lowest BCUT2D eigenvalue weighted by Crippen LogP contribution is -2.15. The second kappa shape index (κ2) is 10.6. The summed E-state index contributed by atoms with van der Waals surface area (Å²) in [6, 6.07) is 20.5. The topological polar surface area (TPSA) is 101 Å². The van der Waals surface area contributed by atoms with Gasteiger partial charge in [-0.1, -0.05) is 71.4 Å². The van der Waals surface area contributed by atoms with Crippen LogP contribution in [-0.2, 0) is 14.6 Å². The van der Waals surface area contributed by atoms with Gasteiger partial charge in [0.25, 0.3) is 0 Å². The van der Waals surface area contributed by atoms with Crippen molar-refractivity contribution in [1.82, 2.24) is 9.97 Å². The summed E-state index contributed by atoms with van der Waals surface area (Å²) in [5, 5.41) is 3.34. The summed E-state index contributed by atoms with van der Waals surface area (Å²) in [5.74, 6) is 0.421. The molecule has 7 nitrogen and oxygen atoms in total. The number of hydrogen-bond acceptors (Lipinski definition) is 6. The number of aryl methyl sites for hydroxylation is 1. The molecule has 0 fully saturated rings. The van der Waals surface area contributed by atoms with Crippen molar-refractivity contribution in [3.8, 4) is 17.1 Å². The molecule has 0 aliphatic rings. The molecule has 3 aromatic carbocycles. The maximum atomic E-state index is 13.4. The number of aromatic amines is 1. The van der Waals surface area contributed by atoms with E-state index in [1.54, 1.807) is 36.4 Å². The maximum absolute atomic E-state index is 13.4. The molecule has 4 rings (SSSR count). The number of H-pyrrole nitrogens is 1. The van der Waals surface area contributed by atoms with Gasteiger partial charge in [0.15, 0.2) is 5.03 Å². The Kier molecular flexibility index (Phi) is 7.49. The molecule has 0 radical (unpaired) electrons.